The summed E-state index contributed by atoms with van der Waals surface area (Å²) < 4.78 is 36.8. The molecule has 1 saturated heterocycles. The number of carbonyl (C=O) groups is 1. The third-order valence-electron chi connectivity index (χ3n) is 3.59. The molecule has 0 aliphatic carbocycles. The van der Waals surface area contributed by atoms with E-state index >= 15 is 0 Å². The molecule has 1 aliphatic heterocycles. The molecule has 0 spiro atoms. The highest BCUT2D eigenvalue weighted by molar-refractivity contribution is 5.84. The lowest BCUT2D eigenvalue weighted by atomic mass is 10.1. The zero-order valence-electron chi connectivity index (χ0n) is 12.1. The lowest BCUT2D eigenvalue weighted by molar-refractivity contribution is -0.140. The molecule has 3 nitrogen and oxygen atoms in total. The molecule has 1 aromatic carbocycles. The van der Waals surface area contributed by atoms with Crippen LogP contribution in [0.2, 0.25) is 0 Å². The highest BCUT2D eigenvalue weighted by Gasteiger charge is 2.37. The van der Waals surface area contributed by atoms with Crippen molar-refractivity contribution in [3.05, 3.63) is 35.4 Å². The Labute approximate surface area is 122 Å². The van der Waals surface area contributed by atoms with Crippen molar-refractivity contribution in [3.63, 3.8) is 0 Å². The fraction of sp³-hybridized carbons (Fsp3) is 0.533. The van der Waals surface area contributed by atoms with Gasteiger partial charge in [-0.25, -0.2) is 0 Å². The quantitative estimate of drug-likeness (QED) is 0.926. The van der Waals surface area contributed by atoms with Crippen LogP contribution in [-0.2, 0) is 4.79 Å². The van der Waals surface area contributed by atoms with Gasteiger partial charge in [0.05, 0.1) is 6.04 Å². The normalized spacial score (nSPS) is 22.9. The van der Waals surface area contributed by atoms with E-state index < -0.39 is 12.6 Å². The molecule has 1 N–H and O–H groups in total. The van der Waals surface area contributed by atoms with Gasteiger partial charge >= 0.3 is 6.18 Å². The highest BCUT2D eigenvalue weighted by atomic mass is 19.4. The zero-order valence-corrected chi connectivity index (χ0v) is 12.1. The summed E-state index contributed by atoms with van der Waals surface area (Å²) in [5.41, 5.74) is 1.95. The third-order valence-corrected chi connectivity index (χ3v) is 3.59. The molecule has 21 heavy (non-hydrogen) atoms. The molecule has 116 valence electrons. The highest BCUT2D eigenvalue weighted by Crippen LogP contribution is 2.28. The van der Waals surface area contributed by atoms with Crippen molar-refractivity contribution in [2.45, 2.75) is 45.1 Å². The number of benzene rings is 1. The number of hydrogen-bond donors (Lipinski definition) is 1. The Morgan fingerprint density at radius 3 is 2.67 bits per heavy atom. The Bertz CT molecular complexity index is 516. The number of nitrogens with one attached hydrogen (secondary N) is 1. The molecule has 0 aromatic heterocycles. The predicted octanol–water partition coefficient (Wildman–Crippen LogP) is 3.16. The average molecular weight is 300 g/mol. The second kappa shape index (κ2) is 6.05. The lowest BCUT2D eigenvalue weighted by Crippen LogP contribution is -2.32. The topological polar surface area (TPSA) is 32.3 Å². The molecule has 2 atom stereocenters. The lowest BCUT2D eigenvalue weighted by Gasteiger charge is -2.25. The van der Waals surface area contributed by atoms with Crippen LogP contribution >= 0.6 is 0 Å². The van der Waals surface area contributed by atoms with Gasteiger partial charge in [-0.3, -0.25) is 10.1 Å². The molecule has 0 bridgehead atoms. The number of rotatable bonds is 4. The van der Waals surface area contributed by atoms with Crippen molar-refractivity contribution in [2.24, 2.45) is 0 Å². The van der Waals surface area contributed by atoms with Crippen LogP contribution in [0.25, 0.3) is 0 Å². The summed E-state index contributed by atoms with van der Waals surface area (Å²) in [6.07, 6.45) is -5.47. The second-order valence-corrected chi connectivity index (χ2v) is 5.46. The number of hydrogen-bond acceptors (Lipinski definition) is 2. The van der Waals surface area contributed by atoms with E-state index in [1.807, 2.05) is 31.2 Å². The Morgan fingerprint density at radius 1 is 1.33 bits per heavy atom. The fourth-order valence-corrected chi connectivity index (χ4v) is 2.58. The number of alkyl halides is 3. The van der Waals surface area contributed by atoms with Crippen molar-refractivity contribution in [3.8, 4) is 0 Å². The first kappa shape index (κ1) is 15.8. The SMILES string of the molecule is Cc1cccc(C2NC(C)C(=O)N2CCCC(F)(F)F)c1. The van der Waals surface area contributed by atoms with Gasteiger partial charge in [-0.15, -0.1) is 0 Å². The van der Waals surface area contributed by atoms with E-state index in [2.05, 4.69) is 5.32 Å². The van der Waals surface area contributed by atoms with Gasteiger partial charge in [-0.05, 0) is 25.8 Å². The first-order valence-electron chi connectivity index (χ1n) is 6.98. The Morgan fingerprint density at radius 2 is 2.05 bits per heavy atom. The molecule has 2 unspecified atom stereocenters. The summed E-state index contributed by atoms with van der Waals surface area (Å²) in [6, 6.07) is 7.28. The molecule has 1 heterocycles. The maximum absolute atomic E-state index is 12.3. The largest absolute Gasteiger partial charge is 0.389 e. The fourth-order valence-electron chi connectivity index (χ4n) is 2.58. The maximum Gasteiger partial charge on any atom is 0.389 e. The van der Waals surface area contributed by atoms with Gasteiger partial charge in [0.15, 0.2) is 0 Å². The molecular formula is C15H19F3N2O. The number of halogens is 3. The van der Waals surface area contributed by atoms with Crippen LogP contribution in [0.3, 0.4) is 0 Å². The van der Waals surface area contributed by atoms with Crippen LogP contribution in [0.15, 0.2) is 24.3 Å². The minimum absolute atomic E-state index is 0.0774. The van der Waals surface area contributed by atoms with E-state index in [1.165, 1.54) is 4.90 Å². The van der Waals surface area contributed by atoms with E-state index in [-0.39, 0.29) is 31.1 Å². The van der Waals surface area contributed by atoms with E-state index in [4.69, 9.17) is 0 Å². The van der Waals surface area contributed by atoms with Gasteiger partial charge in [0.2, 0.25) is 5.91 Å². The molecule has 2 rings (SSSR count). The number of carbonyl (C=O) groups excluding carboxylic acids is 1. The van der Waals surface area contributed by atoms with Gasteiger partial charge in [0, 0.05) is 13.0 Å². The summed E-state index contributed by atoms with van der Waals surface area (Å²) in [6.45, 7) is 3.78. The van der Waals surface area contributed by atoms with Crippen molar-refractivity contribution >= 4 is 5.91 Å². The first-order chi connectivity index (χ1) is 9.78. The summed E-state index contributed by atoms with van der Waals surface area (Å²) >= 11 is 0. The number of aryl methyl sites for hydroxylation is 1. The third kappa shape index (κ3) is 3.97. The van der Waals surface area contributed by atoms with Crippen molar-refractivity contribution in [2.75, 3.05) is 6.54 Å². The van der Waals surface area contributed by atoms with E-state index in [0.29, 0.717) is 0 Å². The standard InChI is InChI=1S/C15H19F3N2O/c1-10-5-3-6-12(9-10)13-19-11(2)14(21)20(13)8-4-7-15(16,17)18/h3,5-6,9,11,13,19H,4,7-8H2,1-2H3. The first-order valence-corrected chi connectivity index (χ1v) is 6.98. The molecule has 6 heteroatoms. The van der Waals surface area contributed by atoms with Crippen LogP contribution in [0, 0.1) is 6.92 Å². The van der Waals surface area contributed by atoms with Crippen LogP contribution in [0.5, 0.6) is 0 Å². The zero-order chi connectivity index (χ0) is 15.6. The smallest absolute Gasteiger partial charge is 0.322 e. The number of amides is 1. The predicted molar refractivity (Wildman–Crippen MR) is 73.5 cm³/mol. The van der Waals surface area contributed by atoms with Gasteiger partial charge in [-0.1, -0.05) is 29.8 Å². The minimum Gasteiger partial charge on any atom is -0.322 e. The van der Waals surface area contributed by atoms with Gasteiger partial charge in [-0.2, -0.15) is 13.2 Å². The van der Waals surface area contributed by atoms with Crippen LogP contribution in [0.4, 0.5) is 13.2 Å². The van der Waals surface area contributed by atoms with E-state index in [0.717, 1.165) is 11.1 Å². The molecule has 0 radical (unpaired) electrons. The maximum atomic E-state index is 12.3. The van der Waals surface area contributed by atoms with E-state index in [1.54, 1.807) is 6.92 Å². The molecule has 1 fully saturated rings. The summed E-state index contributed by atoms with van der Waals surface area (Å²) in [5.74, 6) is -0.149. The monoisotopic (exact) mass is 300 g/mol. The van der Waals surface area contributed by atoms with E-state index in [9.17, 15) is 18.0 Å². The molecule has 1 aromatic rings. The summed E-state index contributed by atoms with van der Waals surface area (Å²) in [7, 11) is 0. The Balaban J connectivity index is 2.10. The van der Waals surface area contributed by atoms with Crippen molar-refractivity contribution < 1.29 is 18.0 Å². The van der Waals surface area contributed by atoms with Crippen molar-refractivity contribution in [1.29, 1.82) is 0 Å². The molecule has 1 aliphatic rings. The number of nitrogens with zero attached hydrogens (tertiary/aromatic N) is 1. The summed E-state index contributed by atoms with van der Waals surface area (Å²) in [5, 5.41) is 3.14. The van der Waals surface area contributed by atoms with Crippen LogP contribution in [0.1, 0.15) is 37.1 Å². The molecule has 1 amide bonds. The molecule has 0 saturated carbocycles. The van der Waals surface area contributed by atoms with Crippen LogP contribution in [-0.4, -0.2) is 29.6 Å². The minimum atomic E-state index is -4.18. The van der Waals surface area contributed by atoms with Gasteiger partial charge < -0.3 is 4.90 Å². The Kier molecular flexibility index (Phi) is 4.56. The average Bonchev–Trinajstić information content (AvgIpc) is 2.65. The van der Waals surface area contributed by atoms with Crippen LogP contribution < -0.4 is 5.32 Å². The van der Waals surface area contributed by atoms with Gasteiger partial charge in [0.1, 0.15) is 6.17 Å². The molecular weight excluding hydrogens is 281 g/mol. The van der Waals surface area contributed by atoms with Crippen molar-refractivity contribution in [1.82, 2.24) is 10.2 Å². The van der Waals surface area contributed by atoms with Gasteiger partial charge in [0.25, 0.3) is 0 Å². The summed E-state index contributed by atoms with van der Waals surface area (Å²) in [4.78, 5) is 13.6. The second-order valence-electron chi connectivity index (χ2n) is 5.46. The Hall–Kier alpha value is -1.56.